The van der Waals surface area contributed by atoms with Crippen LogP contribution in [0.5, 0.6) is 0 Å². The Labute approximate surface area is 79.3 Å². The minimum Gasteiger partial charge on any atom is -0.353 e. The number of carbonyl (C=O) groups is 1. The molecular formula is C10H18N2O. The molecule has 0 aliphatic carbocycles. The van der Waals surface area contributed by atoms with Gasteiger partial charge in [-0.3, -0.25) is 4.79 Å². The Morgan fingerprint density at radius 3 is 2.46 bits per heavy atom. The molecule has 2 bridgehead atoms. The van der Waals surface area contributed by atoms with Crippen LogP contribution < -0.4 is 10.6 Å². The molecule has 2 heterocycles. The van der Waals surface area contributed by atoms with Crippen LogP contribution in [0, 0.1) is 0 Å². The average Bonchev–Trinajstić information content (AvgIpc) is 2.01. The van der Waals surface area contributed by atoms with Crippen LogP contribution in [-0.2, 0) is 4.79 Å². The summed E-state index contributed by atoms with van der Waals surface area (Å²) in [6, 6.07) is 1.74. The molecule has 2 atom stereocenters. The standard InChI is InChI=1S/C10H18N2O/c1-7(13)11-10-5-8-3-2-4-9(6-10)12-8/h8-10,12H,2-6H2,1H3,(H,11,13)/t8-,9-/m1/s1. The topological polar surface area (TPSA) is 41.1 Å². The summed E-state index contributed by atoms with van der Waals surface area (Å²) in [5.74, 6) is 0.116. The van der Waals surface area contributed by atoms with E-state index >= 15 is 0 Å². The van der Waals surface area contributed by atoms with Gasteiger partial charge in [-0.2, -0.15) is 0 Å². The number of hydrogen-bond donors (Lipinski definition) is 2. The van der Waals surface area contributed by atoms with E-state index in [1.807, 2.05) is 0 Å². The van der Waals surface area contributed by atoms with E-state index in [0.29, 0.717) is 18.1 Å². The molecule has 2 N–H and O–H groups in total. The lowest BCUT2D eigenvalue weighted by atomic mass is 9.84. The Hall–Kier alpha value is -0.570. The van der Waals surface area contributed by atoms with Crippen LogP contribution in [0.15, 0.2) is 0 Å². The lowest BCUT2D eigenvalue weighted by Gasteiger charge is -2.40. The second kappa shape index (κ2) is 3.66. The van der Waals surface area contributed by atoms with Crippen LogP contribution >= 0.6 is 0 Å². The summed E-state index contributed by atoms with van der Waals surface area (Å²) in [5.41, 5.74) is 0. The highest BCUT2D eigenvalue weighted by molar-refractivity contribution is 5.73. The molecule has 2 fully saturated rings. The molecule has 0 radical (unpaired) electrons. The van der Waals surface area contributed by atoms with Gasteiger partial charge in [-0.25, -0.2) is 0 Å². The largest absolute Gasteiger partial charge is 0.353 e. The highest BCUT2D eigenvalue weighted by Gasteiger charge is 2.31. The number of carbonyl (C=O) groups excluding carboxylic acids is 1. The smallest absolute Gasteiger partial charge is 0.217 e. The van der Waals surface area contributed by atoms with Gasteiger partial charge < -0.3 is 10.6 Å². The van der Waals surface area contributed by atoms with Gasteiger partial charge in [0.1, 0.15) is 0 Å². The summed E-state index contributed by atoms with van der Waals surface area (Å²) in [6.45, 7) is 1.61. The van der Waals surface area contributed by atoms with Crippen molar-refractivity contribution in [3.8, 4) is 0 Å². The van der Waals surface area contributed by atoms with Crippen LogP contribution in [0.1, 0.15) is 39.0 Å². The van der Waals surface area contributed by atoms with Gasteiger partial charge in [-0.15, -0.1) is 0 Å². The summed E-state index contributed by atoms with van der Waals surface area (Å²) in [4.78, 5) is 10.9. The average molecular weight is 182 g/mol. The van der Waals surface area contributed by atoms with E-state index in [0.717, 1.165) is 12.8 Å². The Morgan fingerprint density at radius 2 is 1.92 bits per heavy atom. The zero-order chi connectivity index (χ0) is 9.26. The highest BCUT2D eigenvalue weighted by atomic mass is 16.1. The molecule has 2 rings (SSSR count). The first kappa shape index (κ1) is 9.00. The van der Waals surface area contributed by atoms with Gasteiger partial charge in [0.2, 0.25) is 5.91 Å². The quantitative estimate of drug-likeness (QED) is 0.629. The molecule has 0 aromatic rings. The Bertz CT molecular complexity index is 193. The van der Waals surface area contributed by atoms with Gasteiger partial charge in [-0.05, 0) is 25.7 Å². The molecule has 74 valence electrons. The van der Waals surface area contributed by atoms with Crippen LogP contribution in [0.4, 0.5) is 0 Å². The van der Waals surface area contributed by atoms with Crippen molar-refractivity contribution in [2.75, 3.05) is 0 Å². The number of nitrogens with one attached hydrogen (secondary N) is 2. The van der Waals surface area contributed by atoms with E-state index in [1.165, 1.54) is 19.3 Å². The zero-order valence-electron chi connectivity index (χ0n) is 8.18. The van der Waals surface area contributed by atoms with Gasteiger partial charge in [0, 0.05) is 25.0 Å². The molecule has 3 nitrogen and oxygen atoms in total. The maximum absolute atomic E-state index is 10.9. The summed E-state index contributed by atoms with van der Waals surface area (Å²) >= 11 is 0. The minimum absolute atomic E-state index is 0.116. The maximum atomic E-state index is 10.9. The van der Waals surface area contributed by atoms with Crippen molar-refractivity contribution in [1.29, 1.82) is 0 Å². The molecule has 2 saturated heterocycles. The highest BCUT2D eigenvalue weighted by Crippen LogP contribution is 2.25. The first-order chi connectivity index (χ1) is 6.24. The van der Waals surface area contributed by atoms with Crippen LogP contribution in [-0.4, -0.2) is 24.0 Å². The number of hydrogen-bond acceptors (Lipinski definition) is 2. The molecule has 0 aromatic heterocycles. The molecule has 0 unspecified atom stereocenters. The fourth-order valence-corrected chi connectivity index (χ4v) is 2.67. The fourth-order valence-electron chi connectivity index (χ4n) is 2.67. The lowest BCUT2D eigenvalue weighted by molar-refractivity contribution is -0.120. The van der Waals surface area contributed by atoms with Crippen molar-refractivity contribution in [2.45, 2.75) is 57.2 Å². The molecule has 2 aliphatic heterocycles. The second-order valence-corrected chi connectivity index (χ2v) is 4.36. The third-order valence-electron chi connectivity index (χ3n) is 3.12. The summed E-state index contributed by atoms with van der Waals surface area (Å²) < 4.78 is 0. The molecule has 1 amide bonds. The van der Waals surface area contributed by atoms with Gasteiger partial charge in [0.15, 0.2) is 0 Å². The van der Waals surface area contributed by atoms with Crippen molar-refractivity contribution >= 4 is 5.91 Å². The predicted octanol–water partition coefficient (Wildman–Crippen LogP) is 0.796. The van der Waals surface area contributed by atoms with E-state index in [4.69, 9.17) is 0 Å². The number of amides is 1. The first-order valence-corrected chi connectivity index (χ1v) is 5.27. The van der Waals surface area contributed by atoms with Gasteiger partial charge >= 0.3 is 0 Å². The number of fused-ring (bicyclic) bond motifs is 2. The van der Waals surface area contributed by atoms with E-state index in [-0.39, 0.29) is 5.91 Å². The van der Waals surface area contributed by atoms with Crippen LogP contribution in [0.2, 0.25) is 0 Å². The van der Waals surface area contributed by atoms with Gasteiger partial charge in [0.25, 0.3) is 0 Å². The lowest BCUT2D eigenvalue weighted by Crippen LogP contribution is -2.54. The van der Waals surface area contributed by atoms with Gasteiger partial charge in [0.05, 0.1) is 0 Å². The van der Waals surface area contributed by atoms with Crippen molar-refractivity contribution < 1.29 is 4.79 Å². The Morgan fingerprint density at radius 1 is 1.31 bits per heavy atom. The monoisotopic (exact) mass is 182 g/mol. The SMILES string of the molecule is CC(=O)NC1C[C@H]2CCC[C@H](C1)N2. The van der Waals surface area contributed by atoms with E-state index in [1.54, 1.807) is 6.92 Å². The summed E-state index contributed by atoms with van der Waals surface area (Å²) in [6.07, 6.45) is 6.17. The Balaban J connectivity index is 1.90. The summed E-state index contributed by atoms with van der Waals surface area (Å²) in [7, 11) is 0. The molecule has 0 spiro atoms. The van der Waals surface area contributed by atoms with Crippen LogP contribution in [0.3, 0.4) is 0 Å². The first-order valence-electron chi connectivity index (χ1n) is 5.27. The van der Waals surface area contributed by atoms with Crippen molar-refractivity contribution in [3.05, 3.63) is 0 Å². The molecular weight excluding hydrogens is 164 g/mol. The predicted molar refractivity (Wildman–Crippen MR) is 51.4 cm³/mol. The Kier molecular flexibility index (Phi) is 2.54. The van der Waals surface area contributed by atoms with E-state index in [2.05, 4.69) is 10.6 Å². The third kappa shape index (κ3) is 2.21. The minimum atomic E-state index is 0.116. The zero-order valence-corrected chi connectivity index (χ0v) is 8.18. The van der Waals surface area contributed by atoms with E-state index < -0.39 is 0 Å². The molecule has 3 heteroatoms. The second-order valence-electron chi connectivity index (χ2n) is 4.36. The summed E-state index contributed by atoms with van der Waals surface area (Å²) in [5, 5.41) is 6.64. The number of rotatable bonds is 1. The maximum Gasteiger partial charge on any atom is 0.217 e. The van der Waals surface area contributed by atoms with Crippen LogP contribution in [0.25, 0.3) is 0 Å². The third-order valence-corrected chi connectivity index (χ3v) is 3.12. The van der Waals surface area contributed by atoms with Crippen molar-refractivity contribution in [2.24, 2.45) is 0 Å². The van der Waals surface area contributed by atoms with Gasteiger partial charge in [-0.1, -0.05) is 6.42 Å². The van der Waals surface area contributed by atoms with Crippen molar-refractivity contribution in [1.82, 2.24) is 10.6 Å². The normalized spacial score (nSPS) is 38.4. The van der Waals surface area contributed by atoms with E-state index in [9.17, 15) is 4.79 Å². The fraction of sp³-hybridized carbons (Fsp3) is 0.900. The molecule has 0 saturated carbocycles. The molecule has 0 aromatic carbocycles. The molecule has 2 aliphatic rings. The number of piperidine rings is 2. The van der Waals surface area contributed by atoms with Crippen molar-refractivity contribution in [3.63, 3.8) is 0 Å². The molecule has 13 heavy (non-hydrogen) atoms.